The molecule has 0 radical (unpaired) electrons. The molecule has 4 fully saturated rings. The lowest BCUT2D eigenvalue weighted by Gasteiger charge is -2.60. The van der Waals surface area contributed by atoms with Crippen molar-refractivity contribution in [1.29, 1.82) is 0 Å². The van der Waals surface area contributed by atoms with Gasteiger partial charge in [-0.1, -0.05) is 13.8 Å². The number of rotatable bonds is 3. The maximum Gasteiger partial charge on any atom is 0.237 e. The fourth-order valence-corrected chi connectivity index (χ4v) is 7.64. The van der Waals surface area contributed by atoms with Crippen molar-refractivity contribution in [3.05, 3.63) is 0 Å². The fourth-order valence-electron chi connectivity index (χ4n) is 7.45. The van der Waals surface area contributed by atoms with Crippen molar-refractivity contribution >= 4 is 17.5 Å². The van der Waals surface area contributed by atoms with Gasteiger partial charge in [-0.05, 0) is 49.9 Å². The lowest BCUT2D eigenvalue weighted by molar-refractivity contribution is -0.247. The summed E-state index contributed by atoms with van der Waals surface area (Å²) in [5.41, 5.74) is -0.223. The molecule has 0 aromatic rings. The van der Waals surface area contributed by atoms with Gasteiger partial charge in [0.25, 0.3) is 0 Å². The first-order chi connectivity index (χ1) is 12.8. The van der Waals surface area contributed by atoms with Crippen molar-refractivity contribution in [2.75, 3.05) is 32.7 Å². The molecule has 0 aromatic carbocycles. The van der Waals surface area contributed by atoms with Gasteiger partial charge in [-0.25, -0.2) is 0 Å². The predicted molar refractivity (Wildman–Crippen MR) is 103 cm³/mol. The number of carbonyl (C=O) groups is 1. The number of hydrogen-bond acceptors (Lipinski definition) is 4. The van der Waals surface area contributed by atoms with Gasteiger partial charge in [0.15, 0.2) is 5.79 Å². The van der Waals surface area contributed by atoms with Crippen molar-refractivity contribution in [3.63, 3.8) is 0 Å². The number of amides is 1. The largest absolute Gasteiger partial charge is 0.396 e. The number of alkyl halides is 1. The van der Waals surface area contributed by atoms with Crippen LogP contribution < -0.4 is 0 Å². The molecule has 27 heavy (non-hydrogen) atoms. The van der Waals surface area contributed by atoms with E-state index in [2.05, 4.69) is 13.8 Å². The molecule has 5 nitrogen and oxygen atoms in total. The number of ether oxygens (including phenoxy) is 2. The van der Waals surface area contributed by atoms with Gasteiger partial charge in [-0.3, -0.25) is 4.79 Å². The summed E-state index contributed by atoms with van der Waals surface area (Å²) in [6.07, 6.45) is 6.28. The van der Waals surface area contributed by atoms with Crippen LogP contribution in [0.2, 0.25) is 0 Å². The van der Waals surface area contributed by atoms with Crippen LogP contribution in [0.15, 0.2) is 0 Å². The zero-order valence-corrected chi connectivity index (χ0v) is 17.6. The lowest BCUT2D eigenvalue weighted by atomic mass is 9.48. The van der Waals surface area contributed by atoms with Gasteiger partial charge in [-0.15, -0.1) is 11.6 Å². The predicted octanol–water partition coefficient (Wildman–Crippen LogP) is 3.03. The second kappa shape index (κ2) is 6.86. The third-order valence-corrected chi connectivity index (χ3v) is 9.16. The van der Waals surface area contributed by atoms with Crippen molar-refractivity contribution in [3.8, 4) is 0 Å². The average molecular weight is 400 g/mol. The first-order valence-corrected chi connectivity index (χ1v) is 11.1. The van der Waals surface area contributed by atoms with Crippen LogP contribution in [0.25, 0.3) is 0 Å². The minimum atomic E-state index is -0.388. The van der Waals surface area contributed by atoms with E-state index in [1.165, 1.54) is 0 Å². The van der Waals surface area contributed by atoms with E-state index in [0.29, 0.717) is 31.0 Å². The molecule has 0 aromatic heterocycles. The van der Waals surface area contributed by atoms with Crippen LogP contribution in [0.1, 0.15) is 52.4 Å². The topological polar surface area (TPSA) is 59.0 Å². The first kappa shape index (κ1) is 19.9. The zero-order chi connectivity index (χ0) is 19.4. The number of halogens is 1. The third kappa shape index (κ3) is 2.64. The maximum atomic E-state index is 12.3. The van der Waals surface area contributed by atoms with Crippen molar-refractivity contribution < 1.29 is 19.4 Å². The van der Waals surface area contributed by atoms with Gasteiger partial charge < -0.3 is 19.5 Å². The van der Waals surface area contributed by atoms with E-state index >= 15 is 0 Å². The lowest BCUT2D eigenvalue weighted by Crippen LogP contribution is -2.61. The normalized spacial score (nSPS) is 45.5. The van der Waals surface area contributed by atoms with E-state index in [9.17, 15) is 9.90 Å². The van der Waals surface area contributed by atoms with Gasteiger partial charge in [0.05, 0.1) is 19.8 Å². The summed E-state index contributed by atoms with van der Waals surface area (Å²) in [5.74, 6) is 1.11. The molecule has 3 aliphatic carbocycles. The highest BCUT2D eigenvalue weighted by Crippen LogP contribution is 2.67. The molecule has 1 amide bonds. The summed E-state index contributed by atoms with van der Waals surface area (Å²) in [6, 6.07) is 0.0497. The summed E-state index contributed by atoms with van der Waals surface area (Å²) in [5, 5.41) is 10.5. The molecule has 4 aliphatic rings. The molecular weight excluding hydrogens is 366 g/mol. The van der Waals surface area contributed by atoms with E-state index in [1.54, 1.807) is 4.90 Å². The molecule has 1 N–H and O–H groups in total. The highest BCUT2D eigenvalue weighted by molar-refractivity contribution is 6.27. The zero-order valence-electron chi connectivity index (χ0n) is 16.9. The summed E-state index contributed by atoms with van der Waals surface area (Å²) in [4.78, 5) is 14.1. The Kier molecular flexibility index (Phi) is 5.06. The van der Waals surface area contributed by atoms with E-state index in [-0.39, 0.29) is 41.1 Å². The van der Waals surface area contributed by atoms with Crippen molar-refractivity contribution in [2.24, 2.45) is 28.6 Å². The van der Waals surface area contributed by atoms with Gasteiger partial charge in [0, 0.05) is 30.3 Å². The van der Waals surface area contributed by atoms with Crippen LogP contribution in [0, 0.1) is 28.6 Å². The van der Waals surface area contributed by atoms with Crippen LogP contribution in [-0.2, 0) is 14.3 Å². The summed E-state index contributed by atoms with van der Waals surface area (Å²) in [7, 11) is 1.85. The second-order valence-electron chi connectivity index (χ2n) is 9.72. The molecule has 1 saturated heterocycles. The first-order valence-electron chi connectivity index (χ1n) is 10.5. The minimum Gasteiger partial charge on any atom is -0.396 e. The van der Waals surface area contributed by atoms with Crippen LogP contribution in [0.5, 0.6) is 0 Å². The Bertz CT molecular complexity index is 595. The molecule has 0 bridgehead atoms. The molecule has 1 heterocycles. The Labute approximate surface area is 167 Å². The quantitative estimate of drug-likeness (QED) is 0.741. The van der Waals surface area contributed by atoms with Gasteiger partial charge in [0.1, 0.15) is 5.88 Å². The average Bonchev–Trinajstić information content (AvgIpc) is 3.27. The summed E-state index contributed by atoms with van der Waals surface area (Å²) < 4.78 is 12.4. The van der Waals surface area contributed by atoms with Crippen molar-refractivity contribution in [2.45, 2.75) is 64.2 Å². The van der Waals surface area contributed by atoms with Gasteiger partial charge in [-0.2, -0.15) is 0 Å². The summed E-state index contributed by atoms with van der Waals surface area (Å²) in [6.45, 7) is 6.08. The Balaban J connectivity index is 1.62. The van der Waals surface area contributed by atoms with Crippen LogP contribution >= 0.6 is 11.6 Å². The minimum absolute atomic E-state index is 0.000494. The molecule has 6 heteroatoms. The Hall–Kier alpha value is -0.360. The molecule has 1 spiro atoms. The van der Waals surface area contributed by atoms with E-state index in [0.717, 1.165) is 38.5 Å². The molecule has 6 unspecified atom stereocenters. The second-order valence-corrected chi connectivity index (χ2v) is 9.98. The maximum absolute atomic E-state index is 12.3. The smallest absolute Gasteiger partial charge is 0.237 e. The number of carbonyl (C=O) groups excluding carboxylic acids is 1. The highest BCUT2D eigenvalue weighted by Gasteiger charge is 2.67. The SMILES string of the molecule is CN(C(=O)CCl)C1CCC2C(CCC3(C)C2CCC32OCCO2)C1(C)CO. The number of aliphatic hydroxyl groups excluding tert-OH is 1. The standard InChI is InChI=1S/C21H34ClNO4/c1-19(13-24)15-6-8-20(2)16(7-9-21(20)26-10-11-27-21)14(15)4-5-17(19)23(3)18(25)12-22/h14-17,24H,4-13H2,1-3H3. The highest BCUT2D eigenvalue weighted by atomic mass is 35.5. The molecule has 3 saturated carbocycles. The number of hydrogen-bond donors (Lipinski definition) is 1. The Morgan fingerprint density at radius 3 is 2.41 bits per heavy atom. The monoisotopic (exact) mass is 399 g/mol. The summed E-state index contributed by atoms with van der Waals surface area (Å²) >= 11 is 5.82. The third-order valence-electron chi connectivity index (χ3n) is 8.93. The molecule has 6 atom stereocenters. The number of aliphatic hydroxyl groups is 1. The Morgan fingerprint density at radius 2 is 1.78 bits per heavy atom. The fraction of sp³-hybridized carbons (Fsp3) is 0.952. The van der Waals surface area contributed by atoms with Crippen molar-refractivity contribution in [1.82, 2.24) is 4.90 Å². The molecule has 4 rings (SSSR count). The van der Waals surface area contributed by atoms with E-state index in [1.807, 2.05) is 7.05 Å². The molecule has 1 aliphatic heterocycles. The Morgan fingerprint density at radius 1 is 1.11 bits per heavy atom. The number of nitrogens with zero attached hydrogens (tertiary/aromatic N) is 1. The van der Waals surface area contributed by atoms with Gasteiger partial charge >= 0.3 is 0 Å². The van der Waals surface area contributed by atoms with E-state index < -0.39 is 0 Å². The molecule has 154 valence electrons. The molecular formula is C21H34ClNO4. The van der Waals surface area contributed by atoms with Gasteiger partial charge in [0.2, 0.25) is 5.91 Å². The van der Waals surface area contributed by atoms with Crippen LogP contribution in [-0.4, -0.2) is 60.5 Å². The van der Waals surface area contributed by atoms with Crippen LogP contribution in [0.3, 0.4) is 0 Å². The van der Waals surface area contributed by atoms with E-state index in [4.69, 9.17) is 21.1 Å². The van der Waals surface area contributed by atoms with Crippen LogP contribution in [0.4, 0.5) is 0 Å². The number of fused-ring (bicyclic) bond motifs is 4.